The molecule has 3 N–H and O–H groups in total. The lowest BCUT2D eigenvalue weighted by Crippen LogP contribution is -2.33. The number of aryl methyl sites for hydroxylation is 4. The SMILES string of the molecule is Cc1cc(CCC(=O)c2cc(-c3ccccc3)c(C)s2)cc(C)c1OCC(O)CNCCO. The Bertz CT molecular complexity index is 1040. The van der Waals surface area contributed by atoms with Crippen LogP contribution in [0.4, 0.5) is 0 Å². The molecule has 1 aromatic heterocycles. The van der Waals surface area contributed by atoms with Crippen LogP contribution >= 0.6 is 11.3 Å². The van der Waals surface area contributed by atoms with Crippen molar-refractivity contribution in [2.75, 3.05) is 26.3 Å². The zero-order valence-corrected chi connectivity index (χ0v) is 20.4. The van der Waals surface area contributed by atoms with E-state index in [9.17, 15) is 9.90 Å². The van der Waals surface area contributed by atoms with Crippen LogP contribution in [0.2, 0.25) is 0 Å². The van der Waals surface area contributed by atoms with Crippen LogP contribution in [0.3, 0.4) is 0 Å². The lowest BCUT2D eigenvalue weighted by Gasteiger charge is -2.17. The van der Waals surface area contributed by atoms with Gasteiger partial charge in [-0.2, -0.15) is 0 Å². The maximum atomic E-state index is 12.9. The largest absolute Gasteiger partial charge is 0.490 e. The third-order valence-electron chi connectivity index (χ3n) is 5.53. The van der Waals surface area contributed by atoms with Crippen molar-refractivity contribution in [3.63, 3.8) is 0 Å². The van der Waals surface area contributed by atoms with Crippen LogP contribution in [-0.2, 0) is 6.42 Å². The lowest BCUT2D eigenvalue weighted by atomic mass is 10.0. The van der Waals surface area contributed by atoms with Gasteiger partial charge in [-0.25, -0.2) is 0 Å². The first-order valence-corrected chi connectivity index (χ1v) is 12.1. The maximum Gasteiger partial charge on any atom is 0.173 e. The van der Waals surface area contributed by atoms with Gasteiger partial charge < -0.3 is 20.3 Å². The third kappa shape index (κ3) is 6.98. The van der Waals surface area contributed by atoms with E-state index in [0.29, 0.717) is 25.9 Å². The van der Waals surface area contributed by atoms with Gasteiger partial charge in [0.1, 0.15) is 18.5 Å². The topological polar surface area (TPSA) is 78.8 Å². The number of aliphatic hydroxyl groups excluding tert-OH is 2. The minimum Gasteiger partial charge on any atom is -0.490 e. The van der Waals surface area contributed by atoms with Gasteiger partial charge in [-0.3, -0.25) is 4.79 Å². The minimum absolute atomic E-state index is 0.0377. The van der Waals surface area contributed by atoms with Crippen molar-refractivity contribution in [1.82, 2.24) is 5.32 Å². The molecule has 1 heterocycles. The fraction of sp³-hybridized carbons (Fsp3) is 0.370. The molecule has 176 valence electrons. The van der Waals surface area contributed by atoms with Gasteiger partial charge in [-0.1, -0.05) is 42.5 Å². The summed E-state index contributed by atoms with van der Waals surface area (Å²) in [5.41, 5.74) is 5.36. The second-order valence-electron chi connectivity index (χ2n) is 8.32. The Balaban J connectivity index is 1.59. The van der Waals surface area contributed by atoms with Crippen molar-refractivity contribution in [2.24, 2.45) is 0 Å². The number of Topliss-reactive ketones (excluding diaryl/α,β-unsaturated/α-hetero) is 1. The van der Waals surface area contributed by atoms with Crippen LogP contribution in [0.25, 0.3) is 11.1 Å². The van der Waals surface area contributed by atoms with Gasteiger partial charge in [0.15, 0.2) is 5.78 Å². The predicted octanol–water partition coefficient (Wildman–Crippen LogP) is 4.48. The smallest absolute Gasteiger partial charge is 0.173 e. The quantitative estimate of drug-likeness (QED) is 0.270. The Morgan fingerprint density at radius 3 is 2.45 bits per heavy atom. The van der Waals surface area contributed by atoms with E-state index < -0.39 is 6.10 Å². The van der Waals surface area contributed by atoms with E-state index in [1.54, 1.807) is 11.3 Å². The van der Waals surface area contributed by atoms with Gasteiger partial charge in [-0.15, -0.1) is 11.3 Å². The van der Waals surface area contributed by atoms with Gasteiger partial charge >= 0.3 is 0 Å². The van der Waals surface area contributed by atoms with Gasteiger partial charge in [0.2, 0.25) is 0 Å². The molecule has 6 heteroatoms. The van der Waals surface area contributed by atoms with Crippen LogP contribution in [0, 0.1) is 20.8 Å². The van der Waals surface area contributed by atoms with E-state index in [4.69, 9.17) is 9.84 Å². The van der Waals surface area contributed by atoms with Crippen molar-refractivity contribution in [3.8, 4) is 16.9 Å². The zero-order chi connectivity index (χ0) is 23.8. The van der Waals surface area contributed by atoms with Crippen LogP contribution in [0.15, 0.2) is 48.5 Å². The Morgan fingerprint density at radius 1 is 1.09 bits per heavy atom. The molecular formula is C27H33NO4S. The number of carbonyl (C=O) groups is 1. The van der Waals surface area contributed by atoms with E-state index in [-0.39, 0.29) is 19.0 Å². The summed E-state index contributed by atoms with van der Waals surface area (Å²) >= 11 is 1.57. The van der Waals surface area contributed by atoms with Gasteiger partial charge in [0.05, 0.1) is 11.5 Å². The summed E-state index contributed by atoms with van der Waals surface area (Å²) in [4.78, 5) is 14.8. The first-order chi connectivity index (χ1) is 15.9. The van der Waals surface area contributed by atoms with Crippen LogP contribution in [0.5, 0.6) is 5.75 Å². The summed E-state index contributed by atoms with van der Waals surface area (Å²) in [6.45, 7) is 7.07. The molecule has 0 radical (unpaired) electrons. The number of rotatable bonds is 12. The Labute approximate surface area is 200 Å². The van der Waals surface area contributed by atoms with Gasteiger partial charge in [-0.05, 0) is 61.1 Å². The second kappa shape index (κ2) is 12.1. The summed E-state index contributed by atoms with van der Waals surface area (Å²) in [5.74, 6) is 0.937. The van der Waals surface area contributed by atoms with Gasteiger partial charge in [0, 0.05) is 24.4 Å². The molecule has 3 aromatic rings. The molecule has 5 nitrogen and oxygen atoms in total. The third-order valence-corrected chi connectivity index (χ3v) is 6.62. The van der Waals surface area contributed by atoms with E-state index in [1.165, 1.54) is 0 Å². The molecular weight excluding hydrogens is 434 g/mol. The average molecular weight is 468 g/mol. The number of ether oxygens (including phenoxy) is 1. The predicted molar refractivity (Wildman–Crippen MR) is 135 cm³/mol. The molecule has 0 aliphatic heterocycles. The second-order valence-corrected chi connectivity index (χ2v) is 9.58. The fourth-order valence-electron chi connectivity index (χ4n) is 3.90. The molecule has 0 aliphatic rings. The Morgan fingerprint density at radius 2 is 1.79 bits per heavy atom. The van der Waals surface area contributed by atoms with Crippen molar-refractivity contribution < 1.29 is 19.7 Å². The van der Waals surface area contributed by atoms with Gasteiger partial charge in [0.25, 0.3) is 0 Å². The molecule has 2 aromatic carbocycles. The molecule has 0 saturated carbocycles. The molecule has 1 atom stereocenters. The normalized spacial score (nSPS) is 12.0. The van der Waals surface area contributed by atoms with E-state index in [1.807, 2.05) is 38.1 Å². The summed E-state index contributed by atoms with van der Waals surface area (Å²) in [6, 6.07) is 16.3. The highest BCUT2D eigenvalue weighted by Crippen LogP contribution is 2.32. The molecule has 33 heavy (non-hydrogen) atoms. The standard InChI is InChI=1S/C27H33NO4S/c1-18-13-21(14-19(2)27(18)32-17-23(30)16-28-11-12-29)9-10-25(31)26-15-24(20(3)33-26)22-7-5-4-6-8-22/h4-8,13-15,23,28-30H,9-12,16-17H2,1-3H3. The van der Waals surface area contributed by atoms with E-state index in [0.717, 1.165) is 43.3 Å². The fourth-order valence-corrected chi connectivity index (χ4v) is 4.91. The molecule has 0 spiro atoms. The zero-order valence-electron chi connectivity index (χ0n) is 19.6. The summed E-state index contributed by atoms with van der Waals surface area (Å²) in [7, 11) is 0. The number of aliphatic hydroxyl groups is 2. The summed E-state index contributed by atoms with van der Waals surface area (Å²) < 4.78 is 5.85. The van der Waals surface area contributed by atoms with Crippen molar-refractivity contribution in [2.45, 2.75) is 39.7 Å². The van der Waals surface area contributed by atoms with E-state index >= 15 is 0 Å². The first kappa shape index (κ1) is 25.1. The Kier molecular flexibility index (Phi) is 9.21. The highest BCUT2D eigenvalue weighted by Gasteiger charge is 2.15. The highest BCUT2D eigenvalue weighted by molar-refractivity contribution is 7.14. The minimum atomic E-state index is -0.650. The van der Waals surface area contributed by atoms with E-state index in [2.05, 4.69) is 36.5 Å². The lowest BCUT2D eigenvalue weighted by molar-refractivity contribution is 0.0986. The first-order valence-electron chi connectivity index (χ1n) is 11.3. The van der Waals surface area contributed by atoms with Crippen LogP contribution < -0.4 is 10.1 Å². The van der Waals surface area contributed by atoms with Crippen molar-refractivity contribution in [1.29, 1.82) is 0 Å². The number of hydrogen-bond acceptors (Lipinski definition) is 6. The number of thiophene rings is 1. The molecule has 0 fully saturated rings. The number of ketones is 1. The molecule has 0 bridgehead atoms. The average Bonchev–Trinajstić information content (AvgIpc) is 3.19. The molecule has 0 aliphatic carbocycles. The maximum absolute atomic E-state index is 12.9. The van der Waals surface area contributed by atoms with Crippen molar-refractivity contribution in [3.05, 3.63) is 75.0 Å². The summed E-state index contributed by atoms with van der Waals surface area (Å²) in [5, 5.41) is 21.8. The number of hydrogen-bond donors (Lipinski definition) is 3. The monoisotopic (exact) mass is 467 g/mol. The Hall–Kier alpha value is -2.51. The van der Waals surface area contributed by atoms with Crippen LogP contribution in [0.1, 0.15) is 37.7 Å². The highest BCUT2D eigenvalue weighted by atomic mass is 32.1. The molecule has 0 amide bonds. The molecule has 1 unspecified atom stereocenters. The van der Waals surface area contributed by atoms with Crippen LogP contribution in [-0.4, -0.2) is 48.4 Å². The molecule has 3 rings (SSSR count). The number of nitrogens with one attached hydrogen (secondary N) is 1. The van der Waals surface area contributed by atoms with Crippen molar-refractivity contribution >= 4 is 17.1 Å². The number of benzene rings is 2. The summed E-state index contributed by atoms with van der Waals surface area (Å²) in [6.07, 6.45) is 0.483. The molecule has 0 saturated heterocycles. The number of carbonyl (C=O) groups excluding carboxylic acids is 1.